The minimum absolute atomic E-state index is 0.197. The van der Waals surface area contributed by atoms with E-state index < -0.39 is 30.0 Å². The Morgan fingerprint density at radius 1 is 1.38 bits per heavy atom. The van der Waals surface area contributed by atoms with E-state index in [1.54, 1.807) is 0 Å². The van der Waals surface area contributed by atoms with Crippen molar-refractivity contribution < 1.29 is 26.7 Å². The minimum Gasteiger partial charge on any atom is -0.301 e. The van der Waals surface area contributed by atoms with Crippen LogP contribution >= 0.6 is 0 Å². The molecule has 1 rings (SSSR count). The second-order valence-corrected chi connectivity index (χ2v) is 3.15. The molecule has 8 heteroatoms. The molecule has 1 aromatic rings. The van der Waals surface area contributed by atoms with Gasteiger partial charge in [0.1, 0.15) is 12.0 Å². The van der Waals surface area contributed by atoms with Crippen LogP contribution in [0.15, 0.2) is 6.07 Å². The number of alkyl halides is 5. The number of carbonyl (C=O) groups excluding carboxylic acids is 1. The van der Waals surface area contributed by atoms with Gasteiger partial charge in [-0.15, -0.1) is 0 Å². The van der Waals surface area contributed by atoms with Gasteiger partial charge in [-0.2, -0.15) is 27.1 Å². The van der Waals surface area contributed by atoms with Gasteiger partial charge >= 0.3 is 6.18 Å². The van der Waals surface area contributed by atoms with Crippen molar-refractivity contribution in [2.75, 3.05) is 0 Å². The average Bonchev–Trinajstić information content (AvgIpc) is 2.46. The minimum atomic E-state index is -4.81. The van der Waals surface area contributed by atoms with E-state index in [9.17, 15) is 26.7 Å². The molecule has 0 fully saturated rings. The highest BCUT2D eigenvalue weighted by Crippen LogP contribution is 2.33. The third-order valence-corrected chi connectivity index (χ3v) is 1.77. The standard InChI is InChI=1S/C8H7F5N2O/c1-7(9,10)6-4-5(8(11,12)13)14-15(6)2-3-16/h3-4H,2H2,1H3. The molecule has 16 heavy (non-hydrogen) atoms. The summed E-state index contributed by atoms with van der Waals surface area (Å²) in [4.78, 5) is 10.1. The highest BCUT2D eigenvalue weighted by molar-refractivity contribution is 5.49. The maximum atomic E-state index is 12.9. The van der Waals surface area contributed by atoms with Crippen LogP contribution in [-0.4, -0.2) is 16.1 Å². The van der Waals surface area contributed by atoms with Crippen LogP contribution in [0.4, 0.5) is 22.0 Å². The van der Waals surface area contributed by atoms with Gasteiger partial charge in [0.05, 0.1) is 6.54 Å². The van der Waals surface area contributed by atoms with Crippen LogP contribution in [0.2, 0.25) is 0 Å². The van der Waals surface area contributed by atoms with E-state index in [2.05, 4.69) is 5.10 Å². The molecule has 0 unspecified atom stereocenters. The zero-order valence-corrected chi connectivity index (χ0v) is 8.05. The molecule has 3 nitrogen and oxygen atoms in total. The topological polar surface area (TPSA) is 34.9 Å². The van der Waals surface area contributed by atoms with Gasteiger partial charge < -0.3 is 4.79 Å². The summed E-state index contributed by atoms with van der Waals surface area (Å²) in [6.45, 7) is -0.208. The fourth-order valence-electron chi connectivity index (χ4n) is 1.12. The summed E-state index contributed by atoms with van der Waals surface area (Å²) >= 11 is 0. The zero-order chi connectivity index (χ0) is 12.6. The molecule has 0 aliphatic carbocycles. The maximum Gasteiger partial charge on any atom is 0.435 e. The maximum absolute atomic E-state index is 12.9. The lowest BCUT2D eigenvalue weighted by Gasteiger charge is -2.10. The molecule has 0 aliphatic heterocycles. The molecule has 90 valence electrons. The predicted molar refractivity (Wildman–Crippen MR) is 42.9 cm³/mol. The Balaban J connectivity index is 3.26. The van der Waals surface area contributed by atoms with Gasteiger partial charge in [-0.1, -0.05) is 0 Å². The second-order valence-electron chi connectivity index (χ2n) is 3.15. The zero-order valence-electron chi connectivity index (χ0n) is 8.05. The third kappa shape index (κ3) is 2.56. The van der Waals surface area contributed by atoms with Gasteiger partial charge in [-0.25, -0.2) is 0 Å². The van der Waals surface area contributed by atoms with E-state index in [1.165, 1.54) is 0 Å². The first-order chi connectivity index (χ1) is 7.16. The van der Waals surface area contributed by atoms with Crippen LogP contribution in [0.1, 0.15) is 18.3 Å². The molecule has 0 saturated carbocycles. The summed E-state index contributed by atoms with van der Waals surface area (Å²) in [6.07, 6.45) is -4.61. The highest BCUT2D eigenvalue weighted by atomic mass is 19.4. The van der Waals surface area contributed by atoms with E-state index in [-0.39, 0.29) is 12.4 Å². The molecule has 0 bridgehead atoms. The van der Waals surface area contributed by atoms with E-state index in [0.717, 1.165) is 0 Å². The first-order valence-electron chi connectivity index (χ1n) is 4.13. The summed E-state index contributed by atoms with van der Waals surface area (Å²) in [5.74, 6) is -3.49. The SMILES string of the molecule is CC(F)(F)c1cc(C(F)(F)F)nn1CC=O. The number of aromatic nitrogens is 2. The summed E-state index contributed by atoms with van der Waals surface area (Å²) < 4.78 is 62.7. The van der Waals surface area contributed by atoms with Gasteiger partial charge in [-0.05, 0) is 6.07 Å². The van der Waals surface area contributed by atoms with Crippen molar-refractivity contribution in [1.82, 2.24) is 9.78 Å². The Labute approximate surface area is 86.9 Å². The smallest absolute Gasteiger partial charge is 0.301 e. The summed E-state index contributed by atoms with van der Waals surface area (Å²) in [7, 11) is 0. The first kappa shape index (κ1) is 12.6. The number of hydrogen-bond donors (Lipinski definition) is 0. The van der Waals surface area contributed by atoms with Gasteiger partial charge in [0.25, 0.3) is 5.92 Å². The molecule has 0 aromatic carbocycles. The lowest BCUT2D eigenvalue weighted by molar-refractivity contribution is -0.141. The van der Waals surface area contributed by atoms with Crippen LogP contribution < -0.4 is 0 Å². The molecule has 0 spiro atoms. The van der Waals surface area contributed by atoms with Gasteiger partial charge in [0.15, 0.2) is 5.69 Å². The number of rotatable bonds is 3. The van der Waals surface area contributed by atoms with Gasteiger partial charge in [0.2, 0.25) is 0 Å². The Morgan fingerprint density at radius 2 is 1.94 bits per heavy atom. The number of hydrogen-bond acceptors (Lipinski definition) is 2. The van der Waals surface area contributed by atoms with E-state index in [1.807, 2.05) is 0 Å². The monoisotopic (exact) mass is 242 g/mol. The largest absolute Gasteiger partial charge is 0.435 e. The molecule has 1 aromatic heterocycles. The van der Waals surface area contributed by atoms with Crippen molar-refractivity contribution in [3.05, 3.63) is 17.5 Å². The Morgan fingerprint density at radius 3 is 2.31 bits per heavy atom. The van der Waals surface area contributed by atoms with Crippen LogP contribution in [0.25, 0.3) is 0 Å². The third-order valence-electron chi connectivity index (χ3n) is 1.77. The molecule has 0 amide bonds. The quantitative estimate of drug-likeness (QED) is 0.601. The fourth-order valence-corrected chi connectivity index (χ4v) is 1.12. The van der Waals surface area contributed by atoms with Crippen LogP contribution in [0.5, 0.6) is 0 Å². The van der Waals surface area contributed by atoms with Crippen molar-refractivity contribution in [3.63, 3.8) is 0 Å². The molecule has 0 aliphatic rings. The molecular formula is C8H7F5N2O. The van der Waals surface area contributed by atoms with Crippen LogP contribution in [0, 0.1) is 0 Å². The summed E-state index contributed by atoms with van der Waals surface area (Å²) in [5.41, 5.74) is -2.38. The van der Waals surface area contributed by atoms with E-state index in [4.69, 9.17) is 0 Å². The Hall–Kier alpha value is -1.47. The number of carbonyl (C=O) groups is 1. The van der Waals surface area contributed by atoms with Crippen molar-refractivity contribution >= 4 is 6.29 Å². The van der Waals surface area contributed by atoms with Crippen molar-refractivity contribution in [1.29, 1.82) is 0 Å². The number of halogens is 5. The fraction of sp³-hybridized carbons (Fsp3) is 0.500. The van der Waals surface area contributed by atoms with Crippen LogP contribution in [-0.2, 0) is 23.4 Å². The lowest BCUT2D eigenvalue weighted by atomic mass is 10.2. The van der Waals surface area contributed by atoms with Gasteiger partial charge in [-0.3, -0.25) is 4.68 Å². The number of nitrogens with zero attached hydrogens (tertiary/aromatic N) is 2. The van der Waals surface area contributed by atoms with Crippen molar-refractivity contribution in [2.24, 2.45) is 0 Å². The second kappa shape index (κ2) is 3.84. The molecular weight excluding hydrogens is 235 g/mol. The number of aldehydes is 1. The summed E-state index contributed by atoms with van der Waals surface area (Å²) in [6, 6.07) is 0.240. The Kier molecular flexibility index (Phi) is 3.02. The molecule has 0 atom stereocenters. The predicted octanol–water partition coefficient (Wildman–Crippen LogP) is 2.21. The molecule has 1 heterocycles. The first-order valence-corrected chi connectivity index (χ1v) is 4.13. The summed E-state index contributed by atoms with van der Waals surface area (Å²) in [5, 5.41) is 2.92. The molecule has 0 radical (unpaired) electrons. The van der Waals surface area contributed by atoms with E-state index >= 15 is 0 Å². The lowest BCUT2D eigenvalue weighted by Crippen LogP contribution is -2.16. The van der Waals surface area contributed by atoms with E-state index in [0.29, 0.717) is 11.6 Å². The van der Waals surface area contributed by atoms with Crippen molar-refractivity contribution in [2.45, 2.75) is 25.6 Å². The average molecular weight is 242 g/mol. The van der Waals surface area contributed by atoms with Gasteiger partial charge in [0, 0.05) is 6.92 Å². The van der Waals surface area contributed by atoms with Crippen LogP contribution in [0.3, 0.4) is 0 Å². The molecule has 0 saturated heterocycles. The molecule has 0 N–H and O–H groups in total. The highest BCUT2D eigenvalue weighted by Gasteiger charge is 2.39. The van der Waals surface area contributed by atoms with Crippen molar-refractivity contribution in [3.8, 4) is 0 Å². The Bertz CT molecular complexity index is 390. The normalized spacial score (nSPS) is 12.9.